The second kappa shape index (κ2) is 9.86. The van der Waals surface area contributed by atoms with Gasteiger partial charge in [-0.15, -0.1) is 11.3 Å². The first-order chi connectivity index (χ1) is 13.5. The topological polar surface area (TPSA) is 74.8 Å². The molecule has 3 rings (SSSR count). The number of ether oxygens (including phenoxy) is 1. The summed E-state index contributed by atoms with van der Waals surface area (Å²) < 4.78 is 5.40. The van der Waals surface area contributed by atoms with Crippen molar-refractivity contribution in [3.8, 4) is 5.75 Å². The lowest BCUT2D eigenvalue weighted by Gasteiger charge is -2.35. The van der Waals surface area contributed by atoms with Crippen molar-refractivity contribution in [3.63, 3.8) is 0 Å². The zero-order chi connectivity index (χ0) is 19.9. The van der Waals surface area contributed by atoms with Gasteiger partial charge in [0, 0.05) is 67.7 Å². The third kappa shape index (κ3) is 5.67. The summed E-state index contributed by atoms with van der Waals surface area (Å²) in [4.78, 5) is 32.4. The van der Waals surface area contributed by atoms with Gasteiger partial charge >= 0.3 is 0 Å². The first-order valence-electron chi connectivity index (χ1n) is 9.07. The van der Waals surface area contributed by atoms with Crippen LogP contribution in [0.25, 0.3) is 0 Å². The van der Waals surface area contributed by atoms with Crippen LogP contribution >= 0.6 is 22.9 Å². The summed E-state index contributed by atoms with van der Waals surface area (Å²) in [7, 11) is 1.65. The Morgan fingerprint density at radius 1 is 1.25 bits per heavy atom. The predicted molar refractivity (Wildman–Crippen MR) is 110 cm³/mol. The molecule has 1 saturated heterocycles. The zero-order valence-corrected chi connectivity index (χ0v) is 17.3. The molecule has 0 radical (unpaired) electrons. The summed E-state index contributed by atoms with van der Waals surface area (Å²) in [6.07, 6.45) is 2.00. The molecule has 1 aliphatic heterocycles. The number of piperazine rings is 1. The number of anilines is 1. The molecule has 0 bridgehead atoms. The van der Waals surface area contributed by atoms with E-state index in [1.54, 1.807) is 18.7 Å². The standard InChI is InChI=1S/C19H23ClN4O3S/c1-27-16-3-2-15(20)12-14(16)13-23-7-9-24(10-8-23)18(26)5-4-17(25)22-19-21-6-11-28-19/h2-3,6,11-12H,4-5,7-10,13H2,1H3,(H,21,22,25). The minimum absolute atomic E-state index is 0.00859. The number of aromatic nitrogens is 1. The smallest absolute Gasteiger partial charge is 0.226 e. The molecule has 2 heterocycles. The van der Waals surface area contributed by atoms with Crippen molar-refractivity contribution in [3.05, 3.63) is 40.4 Å². The van der Waals surface area contributed by atoms with Crippen LogP contribution in [-0.2, 0) is 16.1 Å². The summed E-state index contributed by atoms with van der Waals surface area (Å²) >= 11 is 7.45. The Balaban J connectivity index is 1.42. The van der Waals surface area contributed by atoms with Crippen LogP contribution in [0.5, 0.6) is 5.75 Å². The van der Waals surface area contributed by atoms with Gasteiger partial charge in [0.05, 0.1) is 7.11 Å². The molecule has 7 nitrogen and oxygen atoms in total. The summed E-state index contributed by atoms with van der Waals surface area (Å²) in [6.45, 7) is 3.56. The third-order valence-corrected chi connectivity index (χ3v) is 5.53. The first-order valence-corrected chi connectivity index (χ1v) is 10.3. The van der Waals surface area contributed by atoms with Crippen molar-refractivity contribution in [2.75, 3.05) is 38.6 Å². The number of hydrogen-bond acceptors (Lipinski definition) is 6. The number of nitrogens with zero attached hydrogens (tertiary/aromatic N) is 3. The number of benzene rings is 1. The Kier molecular flexibility index (Phi) is 7.24. The second-order valence-electron chi connectivity index (χ2n) is 6.50. The molecule has 1 N–H and O–H groups in total. The molecule has 2 aromatic rings. The lowest BCUT2D eigenvalue weighted by Crippen LogP contribution is -2.48. The van der Waals surface area contributed by atoms with Crippen LogP contribution in [0.15, 0.2) is 29.8 Å². The van der Waals surface area contributed by atoms with Crippen molar-refractivity contribution >= 4 is 39.9 Å². The minimum Gasteiger partial charge on any atom is -0.496 e. The number of rotatable bonds is 7. The normalized spacial score (nSPS) is 14.7. The number of methoxy groups -OCH3 is 1. The van der Waals surface area contributed by atoms with Crippen molar-refractivity contribution in [1.82, 2.24) is 14.8 Å². The SMILES string of the molecule is COc1ccc(Cl)cc1CN1CCN(C(=O)CCC(=O)Nc2nccs2)CC1. The number of amides is 2. The summed E-state index contributed by atoms with van der Waals surface area (Å²) in [5.41, 5.74) is 1.04. The van der Waals surface area contributed by atoms with Gasteiger partial charge < -0.3 is 15.0 Å². The lowest BCUT2D eigenvalue weighted by atomic mass is 10.1. The van der Waals surface area contributed by atoms with E-state index >= 15 is 0 Å². The Bertz CT molecular complexity index is 808. The molecule has 0 unspecified atom stereocenters. The quantitative estimate of drug-likeness (QED) is 0.742. The Labute approximate surface area is 173 Å². The van der Waals surface area contributed by atoms with Crippen molar-refractivity contribution in [2.24, 2.45) is 0 Å². The van der Waals surface area contributed by atoms with Crippen LogP contribution in [0.4, 0.5) is 5.13 Å². The van der Waals surface area contributed by atoms with Gasteiger partial charge in [-0.05, 0) is 18.2 Å². The highest BCUT2D eigenvalue weighted by Crippen LogP contribution is 2.24. The lowest BCUT2D eigenvalue weighted by molar-refractivity contribution is -0.134. The Morgan fingerprint density at radius 2 is 2.04 bits per heavy atom. The van der Waals surface area contributed by atoms with Gasteiger partial charge in [0.1, 0.15) is 5.75 Å². The van der Waals surface area contributed by atoms with Crippen LogP contribution in [-0.4, -0.2) is 59.9 Å². The molecule has 1 aromatic carbocycles. The van der Waals surface area contributed by atoms with Crippen LogP contribution in [0.3, 0.4) is 0 Å². The fraction of sp³-hybridized carbons (Fsp3) is 0.421. The van der Waals surface area contributed by atoms with E-state index in [0.29, 0.717) is 23.2 Å². The number of thiazole rings is 1. The van der Waals surface area contributed by atoms with E-state index in [-0.39, 0.29) is 24.7 Å². The molecule has 0 atom stereocenters. The largest absolute Gasteiger partial charge is 0.496 e. The molecule has 1 fully saturated rings. The van der Waals surface area contributed by atoms with Gasteiger partial charge in [0.2, 0.25) is 11.8 Å². The van der Waals surface area contributed by atoms with Gasteiger partial charge in [0.25, 0.3) is 0 Å². The summed E-state index contributed by atoms with van der Waals surface area (Å²) in [6, 6.07) is 5.60. The zero-order valence-electron chi connectivity index (χ0n) is 15.7. The van der Waals surface area contributed by atoms with E-state index in [0.717, 1.165) is 30.9 Å². The first kappa shape index (κ1) is 20.6. The van der Waals surface area contributed by atoms with Gasteiger partial charge in [-0.2, -0.15) is 0 Å². The van der Waals surface area contributed by atoms with E-state index in [2.05, 4.69) is 15.2 Å². The monoisotopic (exact) mass is 422 g/mol. The van der Waals surface area contributed by atoms with Crippen molar-refractivity contribution < 1.29 is 14.3 Å². The molecule has 2 amide bonds. The van der Waals surface area contributed by atoms with Gasteiger partial charge in [0.15, 0.2) is 5.13 Å². The van der Waals surface area contributed by atoms with Crippen LogP contribution < -0.4 is 10.1 Å². The number of carbonyl (C=O) groups is 2. The maximum absolute atomic E-state index is 12.4. The Hall–Kier alpha value is -2.16. The van der Waals surface area contributed by atoms with Crippen LogP contribution in [0.2, 0.25) is 5.02 Å². The Morgan fingerprint density at radius 3 is 2.71 bits per heavy atom. The fourth-order valence-electron chi connectivity index (χ4n) is 3.11. The van der Waals surface area contributed by atoms with Gasteiger partial charge in [-0.1, -0.05) is 11.6 Å². The van der Waals surface area contributed by atoms with E-state index in [4.69, 9.17) is 16.3 Å². The highest BCUT2D eigenvalue weighted by molar-refractivity contribution is 7.13. The average molecular weight is 423 g/mol. The highest BCUT2D eigenvalue weighted by atomic mass is 35.5. The highest BCUT2D eigenvalue weighted by Gasteiger charge is 2.22. The van der Waals surface area contributed by atoms with E-state index < -0.39 is 0 Å². The molecular formula is C19H23ClN4O3S. The summed E-state index contributed by atoms with van der Waals surface area (Å²) in [5, 5.41) is 5.73. The molecule has 0 aliphatic carbocycles. The maximum Gasteiger partial charge on any atom is 0.226 e. The fourth-order valence-corrected chi connectivity index (χ4v) is 3.85. The molecule has 0 spiro atoms. The van der Waals surface area contributed by atoms with E-state index in [1.165, 1.54) is 11.3 Å². The number of hydrogen-bond donors (Lipinski definition) is 1. The van der Waals surface area contributed by atoms with Gasteiger partial charge in [-0.3, -0.25) is 14.5 Å². The predicted octanol–water partition coefficient (Wildman–Crippen LogP) is 2.87. The molecule has 9 heteroatoms. The van der Waals surface area contributed by atoms with E-state index in [1.807, 2.05) is 23.1 Å². The number of halogens is 1. The number of carbonyl (C=O) groups excluding carboxylic acids is 2. The van der Waals surface area contributed by atoms with Crippen molar-refractivity contribution in [2.45, 2.75) is 19.4 Å². The second-order valence-corrected chi connectivity index (χ2v) is 7.83. The van der Waals surface area contributed by atoms with Crippen LogP contribution in [0.1, 0.15) is 18.4 Å². The summed E-state index contributed by atoms with van der Waals surface area (Å²) in [5.74, 6) is 0.637. The molecule has 28 heavy (non-hydrogen) atoms. The molecule has 150 valence electrons. The molecule has 1 aromatic heterocycles. The van der Waals surface area contributed by atoms with Crippen molar-refractivity contribution in [1.29, 1.82) is 0 Å². The molecule has 1 aliphatic rings. The average Bonchev–Trinajstić information content (AvgIpc) is 3.20. The number of nitrogens with one attached hydrogen (secondary N) is 1. The van der Waals surface area contributed by atoms with Crippen LogP contribution in [0, 0.1) is 0 Å². The van der Waals surface area contributed by atoms with Gasteiger partial charge in [-0.25, -0.2) is 4.98 Å². The minimum atomic E-state index is -0.185. The maximum atomic E-state index is 12.4. The third-order valence-electron chi connectivity index (χ3n) is 4.61. The molecular weight excluding hydrogens is 400 g/mol. The molecule has 0 saturated carbocycles. The van der Waals surface area contributed by atoms with E-state index in [9.17, 15) is 9.59 Å².